The molecule has 1 N–H and O–H groups in total. The van der Waals surface area contributed by atoms with E-state index in [0.717, 1.165) is 22.2 Å². The minimum atomic E-state index is -0.682. The molecule has 9 heteroatoms. The molecule has 8 nitrogen and oxygen atoms in total. The molecule has 0 aliphatic carbocycles. The molecule has 2 aromatic carbocycles. The van der Waals surface area contributed by atoms with Crippen LogP contribution in [0.4, 0.5) is 0 Å². The summed E-state index contributed by atoms with van der Waals surface area (Å²) in [5.41, 5.74) is 1.27. The van der Waals surface area contributed by atoms with E-state index in [9.17, 15) is 14.7 Å². The number of likely N-dealkylation sites (tertiary alicyclic amines) is 1. The molecule has 178 valence electrons. The molecular weight excluding hydrogens is 551 g/mol. The lowest BCUT2D eigenvalue weighted by Gasteiger charge is -2.31. The SMILES string of the molecule is O=C1C(=O)N(CCN2CCOCC2)C(c2ccc(I)cc2)C1=C(O)c1ccc2c(c1)OCCO2. The van der Waals surface area contributed by atoms with Gasteiger partial charge >= 0.3 is 0 Å². The Labute approximate surface area is 211 Å². The summed E-state index contributed by atoms with van der Waals surface area (Å²) in [4.78, 5) is 30.2. The van der Waals surface area contributed by atoms with Crippen molar-refractivity contribution in [3.8, 4) is 11.5 Å². The Morgan fingerprint density at radius 1 is 0.941 bits per heavy atom. The molecule has 2 aromatic rings. The van der Waals surface area contributed by atoms with E-state index in [1.54, 1.807) is 23.1 Å². The smallest absolute Gasteiger partial charge is 0.295 e. The molecule has 0 radical (unpaired) electrons. The number of nitrogens with zero attached hydrogens (tertiary/aromatic N) is 2. The monoisotopic (exact) mass is 576 g/mol. The van der Waals surface area contributed by atoms with Crippen molar-refractivity contribution < 1.29 is 28.9 Å². The first kappa shape index (κ1) is 23.1. The number of hydrogen-bond donors (Lipinski definition) is 1. The summed E-state index contributed by atoms with van der Waals surface area (Å²) in [7, 11) is 0. The third-order valence-corrected chi connectivity index (χ3v) is 7.02. The average molecular weight is 576 g/mol. The average Bonchev–Trinajstić information content (AvgIpc) is 3.12. The van der Waals surface area contributed by atoms with Crippen molar-refractivity contribution in [2.45, 2.75) is 6.04 Å². The van der Waals surface area contributed by atoms with Crippen LogP contribution < -0.4 is 9.47 Å². The van der Waals surface area contributed by atoms with Gasteiger partial charge in [-0.05, 0) is 58.5 Å². The molecule has 0 saturated carbocycles. The van der Waals surface area contributed by atoms with Crippen molar-refractivity contribution in [1.82, 2.24) is 9.80 Å². The van der Waals surface area contributed by atoms with Crippen LogP contribution in [-0.2, 0) is 14.3 Å². The number of aliphatic hydroxyl groups is 1. The van der Waals surface area contributed by atoms with Crippen LogP contribution >= 0.6 is 22.6 Å². The highest BCUT2D eigenvalue weighted by molar-refractivity contribution is 14.1. The van der Waals surface area contributed by atoms with Crippen LogP contribution in [0.2, 0.25) is 0 Å². The Morgan fingerprint density at radius 2 is 1.65 bits per heavy atom. The Morgan fingerprint density at radius 3 is 2.38 bits per heavy atom. The number of carbonyl (C=O) groups excluding carboxylic acids is 2. The quantitative estimate of drug-likeness (QED) is 0.254. The van der Waals surface area contributed by atoms with E-state index in [0.29, 0.717) is 56.6 Å². The lowest BCUT2D eigenvalue weighted by Crippen LogP contribution is -2.42. The van der Waals surface area contributed by atoms with E-state index in [-0.39, 0.29) is 11.3 Å². The molecule has 0 aromatic heterocycles. The number of Topliss-reactive ketones (excluding diaryl/α,β-unsaturated/α-hetero) is 1. The van der Waals surface area contributed by atoms with Crippen LogP contribution in [0.3, 0.4) is 0 Å². The van der Waals surface area contributed by atoms with Crippen LogP contribution in [0.15, 0.2) is 48.0 Å². The first-order chi connectivity index (χ1) is 16.5. The number of morpholine rings is 1. The summed E-state index contributed by atoms with van der Waals surface area (Å²) in [6.07, 6.45) is 0. The maximum atomic E-state index is 13.2. The minimum Gasteiger partial charge on any atom is -0.507 e. The number of halogens is 1. The van der Waals surface area contributed by atoms with Crippen molar-refractivity contribution in [3.63, 3.8) is 0 Å². The summed E-state index contributed by atoms with van der Waals surface area (Å²) >= 11 is 2.21. The topological polar surface area (TPSA) is 88.5 Å². The van der Waals surface area contributed by atoms with Crippen molar-refractivity contribution in [1.29, 1.82) is 0 Å². The number of ketones is 1. The number of rotatable bonds is 5. The molecule has 1 atom stereocenters. The standard InChI is InChI=1S/C25H25IN2O6/c26-18-4-1-16(2-5-18)22-21(23(29)17-3-6-19-20(15-17)34-14-13-33-19)24(30)25(31)28(22)8-7-27-9-11-32-12-10-27/h1-6,15,22,29H,7-14H2. The number of carbonyl (C=O) groups is 2. The van der Waals surface area contributed by atoms with Crippen molar-refractivity contribution in [2.24, 2.45) is 0 Å². The van der Waals surface area contributed by atoms with Gasteiger partial charge in [0.25, 0.3) is 11.7 Å². The number of fused-ring (bicyclic) bond motifs is 1. The summed E-state index contributed by atoms with van der Waals surface area (Å²) < 4.78 is 17.7. The van der Waals surface area contributed by atoms with Crippen LogP contribution in [0.25, 0.3) is 5.76 Å². The molecule has 34 heavy (non-hydrogen) atoms. The van der Waals surface area contributed by atoms with Crippen molar-refractivity contribution in [2.75, 3.05) is 52.6 Å². The Kier molecular flexibility index (Phi) is 6.75. The molecule has 3 aliphatic heterocycles. The predicted octanol–water partition coefficient (Wildman–Crippen LogP) is 2.82. The fourth-order valence-electron chi connectivity index (χ4n) is 4.52. The number of benzene rings is 2. The number of ether oxygens (including phenoxy) is 3. The largest absolute Gasteiger partial charge is 0.507 e. The zero-order valence-electron chi connectivity index (χ0n) is 18.5. The van der Waals surface area contributed by atoms with Gasteiger partial charge in [0.2, 0.25) is 0 Å². The molecule has 0 bridgehead atoms. The highest BCUT2D eigenvalue weighted by atomic mass is 127. The van der Waals surface area contributed by atoms with Crippen LogP contribution in [-0.4, -0.2) is 79.2 Å². The lowest BCUT2D eigenvalue weighted by atomic mass is 9.95. The first-order valence-corrected chi connectivity index (χ1v) is 12.3. The fourth-order valence-corrected chi connectivity index (χ4v) is 4.88. The maximum absolute atomic E-state index is 13.2. The van der Waals surface area contributed by atoms with Gasteiger partial charge in [0.05, 0.1) is 24.8 Å². The maximum Gasteiger partial charge on any atom is 0.295 e. The first-order valence-electron chi connectivity index (χ1n) is 11.3. The third-order valence-electron chi connectivity index (χ3n) is 6.30. The van der Waals surface area contributed by atoms with Gasteiger partial charge in [0.1, 0.15) is 19.0 Å². The van der Waals surface area contributed by atoms with Crippen LogP contribution in [0.5, 0.6) is 11.5 Å². The van der Waals surface area contributed by atoms with Gasteiger partial charge in [0.15, 0.2) is 11.5 Å². The highest BCUT2D eigenvalue weighted by Gasteiger charge is 2.46. The minimum absolute atomic E-state index is 0.0878. The molecule has 2 saturated heterocycles. The molecule has 3 aliphatic rings. The molecule has 1 unspecified atom stereocenters. The van der Waals surface area contributed by atoms with Gasteiger partial charge in [-0.3, -0.25) is 14.5 Å². The van der Waals surface area contributed by atoms with Gasteiger partial charge < -0.3 is 24.2 Å². The third kappa shape index (κ3) is 4.51. The van der Waals surface area contributed by atoms with Gasteiger partial charge in [-0.25, -0.2) is 0 Å². The second-order valence-electron chi connectivity index (χ2n) is 8.36. The van der Waals surface area contributed by atoms with E-state index in [4.69, 9.17) is 14.2 Å². The predicted molar refractivity (Wildman–Crippen MR) is 133 cm³/mol. The fraction of sp³-hybridized carbons (Fsp3) is 0.360. The van der Waals surface area contributed by atoms with E-state index >= 15 is 0 Å². The summed E-state index contributed by atoms with van der Waals surface area (Å²) in [5.74, 6) is -0.410. The molecule has 3 heterocycles. The number of amides is 1. The zero-order chi connectivity index (χ0) is 23.7. The van der Waals surface area contributed by atoms with E-state index in [1.165, 1.54) is 0 Å². The van der Waals surface area contributed by atoms with Gasteiger partial charge in [-0.15, -0.1) is 0 Å². The zero-order valence-corrected chi connectivity index (χ0v) is 20.7. The van der Waals surface area contributed by atoms with E-state index < -0.39 is 17.7 Å². The van der Waals surface area contributed by atoms with Gasteiger partial charge in [0, 0.05) is 35.3 Å². The summed E-state index contributed by atoms with van der Waals surface area (Å²) in [6.45, 7) is 4.75. The Hall–Kier alpha value is -2.63. The van der Waals surface area contributed by atoms with Crippen LogP contribution in [0.1, 0.15) is 17.2 Å². The molecule has 5 rings (SSSR count). The molecule has 1 amide bonds. The second kappa shape index (κ2) is 9.93. The summed E-state index contributed by atoms with van der Waals surface area (Å²) in [5, 5.41) is 11.3. The number of aliphatic hydroxyl groups excluding tert-OH is 1. The van der Waals surface area contributed by atoms with Crippen molar-refractivity contribution in [3.05, 3.63) is 62.7 Å². The summed E-state index contributed by atoms with van der Waals surface area (Å²) in [6, 6.07) is 12.0. The highest BCUT2D eigenvalue weighted by Crippen LogP contribution is 2.41. The van der Waals surface area contributed by atoms with Crippen molar-refractivity contribution >= 4 is 40.0 Å². The molecular formula is C25H25IN2O6. The van der Waals surface area contributed by atoms with Gasteiger partial charge in [-0.2, -0.15) is 0 Å². The van der Waals surface area contributed by atoms with E-state index in [2.05, 4.69) is 27.5 Å². The van der Waals surface area contributed by atoms with E-state index in [1.807, 2.05) is 24.3 Å². The lowest BCUT2D eigenvalue weighted by molar-refractivity contribution is -0.140. The molecule has 0 spiro atoms. The Bertz CT molecular complexity index is 1130. The molecule has 2 fully saturated rings. The van der Waals surface area contributed by atoms with Gasteiger partial charge in [-0.1, -0.05) is 12.1 Å². The van der Waals surface area contributed by atoms with Crippen LogP contribution in [0, 0.1) is 3.57 Å². The number of hydrogen-bond acceptors (Lipinski definition) is 7. The normalized spacial score (nSPS) is 22.3. The second-order valence-corrected chi connectivity index (χ2v) is 9.60. The Balaban J connectivity index is 1.53.